The van der Waals surface area contributed by atoms with E-state index in [1.807, 2.05) is 13.0 Å². The van der Waals surface area contributed by atoms with Crippen molar-refractivity contribution in [3.63, 3.8) is 0 Å². The first-order valence-electron chi connectivity index (χ1n) is 7.27. The van der Waals surface area contributed by atoms with E-state index in [1.165, 1.54) is 0 Å². The number of rotatable bonds is 3. The van der Waals surface area contributed by atoms with Gasteiger partial charge in [0.25, 0.3) is 0 Å². The number of hydrogen-bond donors (Lipinski definition) is 0. The molecule has 2 aromatic rings. The van der Waals surface area contributed by atoms with Crippen molar-refractivity contribution >= 4 is 5.91 Å². The second-order valence-corrected chi connectivity index (χ2v) is 5.78. The summed E-state index contributed by atoms with van der Waals surface area (Å²) < 4.78 is 39.8. The lowest BCUT2D eigenvalue weighted by molar-refractivity contribution is -0.128. The van der Waals surface area contributed by atoms with Gasteiger partial charge in [0.15, 0.2) is 17.5 Å². The highest BCUT2D eigenvalue weighted by Gasteiger charge is 2.31. The number of carbonyl (C=O) groups is 1. The summed E-state index contributed by atoms with van der Waals surface area (Å²) in [6.07, 6.45) is 3.54. The number of aryl methyl sites for hydroxylation is 1. The van der Waals surface area contributed by atoms with Crippen molar-refractivity contribution in [2.45, 2.75) is 25.8 Å². The molecule has 1 fully saturated rings. The minimum absolute atomic E-state index is 0.0867. The van der Waals surface area contributed by atoms with Crippen molar-refractivity contribution in [2.24, 2.45) is 0 Å². The first kappa shape index (κ1) is 15.5. The van der Waals surface area contributed by atoms with E-state index in [2.05, 4.69) is 4.98 Å². The van der Waals surface area contributed by atoms with Crippen LogP contribution in [0.4, 0.5) is 13.2 Å². The first-order chi connectivity index (χ1) is 11.0. The van der Waals surface area contributed by atoms with E-state index in [0.29, 0.717) is 18.7 Å². The van der Waals surface area contributed by atoms with Crippen LogP contribution in [0.1, 0.15) is 29.0 Å². The fraction of sp³-hybridized carbons (Fsp3) is 0.294. The molecule has 2 heterocycles. The Morgan fingerprint density at radius 2 is 1.96 bits per heavy atom. The predicted octanol–water partition coefficient (Wildman–Crippen LogP) is 3.32. The van der Waals surface area contributed by atoms with Crippen LogP contribution in [0.2, 0.25) is 0 Å². The SMILES string of the molecule is Cc1cnccc1CN1C[C@@H](c2cc(F)c(F)c(F)c2)CC1=O. The highest BCUT2D eigenvalue weighted by Crippen LogP contribution is 2.31. The molecule has 0 bridgehead atoms. The number of benzene rings is 1. The van der Waals surface area contributed by atoms with Gasteiger partial charge in [-0.1, -0.05) is 0 Å². The molecule has 3 rings (SSSR count). The summed E-state index contributed by atoms with van der Waals surface area (Å²) in [4.78, 5) is 17.8. The Kier molecular flexibility index (Phi) is 4.07. The third-order valence-electron chi connectivity index (χ3n) is 4.19. The van der Waals surface area contributed by atoms with E-state index in [-0.39, 0.29) is 18.2 Å². The molecular formula is C17H15F3N2O. The minimum atomic E-state index is -1.48. The van der Waals surface area contributed by atoms with Crippen LogP contribution in [0.5, 0.6) is 0 Å². The van der Waals surface area contributed by atoms with Gasteiger partial charge in [0.1, 0.15) is 0 Å². The first-order valence-corrected chi connectivity index (χ1v) is 7.27. The van der Waals surface area contributed by atoms with Crippen LogP contribution in [0.15, 0.2) is 30.6 Å². The third-order valence-corrected chi connectivity index (χ3v) is 4.19. The van der Waals surface area contributed by atoms with Gasteiger partial charge in [0, 0.05) is 37.8 Å². The van der Waals surface area contributed by atoms with Gasteiger partial charge >= 0.3 is 0 Å². The minimum Gasteiger partial charge on any atom is -0.338 e. The second kappa shape index (κ2) is 6.02. The standard InChI is InChI=1S/C17H15F3N2O/c1-10-7-21-3-2-11(10)8-22-9-13(6-16(22)23)12-4-14(18)17(20)15(19)5-12/h2-5,7,13H,6,8-9H2,1H3/t13-/m0/s1. The molecule has 1 amide bonds. The van der Waals surface area contributed by atoms with Gasteiger partial charge in [-0.3, -0.25) is 9.78 Å². The molecule has 6 heteroatoms. The third kappa shape index (κ3) is 3.06. The van der Waals surface area contributed by atoms with E-state index in [9.17, 15) is 18.0 Å². The summed E-state index contributed by atoms with van der Waals surface area (Å²) in [5, 5.41) is 0. The lowest BCUT2D eigenvalue weighted by Gasteiger charge is -2.18. The van der Waals surface area contributed by atoms with Crippen molar-refractivity contribution in [1.82, 2.24) is 9.88 Å². The van der Waals surface area contributed by atoms with Crippen molar-refractivity contribution in [2.75, 3.05) is 6.54 Å². The Morgan fingerprint density at radius 3 is 2.61 bits per heavy atom. The average molecular weight is 320 g/mol. The Labute approximate surface area is 131 Å². The maximum atomic E-state index is 13.4. The molecule has 1 aromatic heterocycles. The maximum Gasteiger partial charge on any atom is 0.223 e. The normalized spacial score (nSPS) is 17.8. The fourth-order valence-electron chi connectivity index (χ4n) is 2.84. The van der Waals surface area contributed by atoms with Crippen LogP contribution in [0, 0.1) is 24.4 Å². The number of likely N-dealkylation sites (tertiary alicyclic amines) is 1. The topological polar surface area (TPSA) is 33.2 Å². The summed E-state index contributed by atoms with van der Waals surface area (Å²) in [6.45, 7) is 2.69. The van der Waals surface area contributed by atoms with Gasteiger partial charge < -0.3 is 4.90 Å². The average Bonchev–Trinajstić information content (AvgIpc) is 2.88. The number of amides is 1. The highest BCUT2D eigenvalue weighted by molar-refractivity contribution is 5.79. The van der Waals surface area contributed by atoms with Crippen LogP contribution in [0.25, 0.3) is 0 Å². The number of aromatic nitrogens is 1. The number of hydrogen-bond acceptors (Lipinski definition) is 2. The molecule has 23 heavy (non-hydrogen) atoms. The van der Waals surface area contributed by atoms with Crippen LogP contribution in [-0.2, 0) is 11.3 Å². The van der Waals surface area contributed by atoms with E-state index in [1.54, 1.807) is 17.3 Å². The molecule has 0 saturated carbocycles. The van der Waals surface area contributed by atoms with E-state index < -0.39 is 17.5 Å². The van der Waals surface area contributed by atoms with Crippen molar-refractivity contribution in [1.29, 1.82) is 0 Å². The summed E-state index contributed by atoms with van der Waals surface area (Å²) >= 11 is 0. The Morgan fingerprint density at radius 1 is 1.26 bits per heavy atom. The Balaban J connectivity index is 1.79. The zero-order valence-corrected chi connectivity index (χ0v) is 12.5. The summed E-state index contributed by atoms with van der Waals surface area (Å²) in [6, 6.07) is 3.78. The smallest absolute Gasteiger partial charge is 0.223 e. The van der Waals surface area contributed by atoms with E-state index in [0.717, 1.165) is 23.3 Å². The highest BCUT2D eigenvalue weighted by atomic mass is 19.2. The fourth-order valence-corrected chi connectivity index (χ4v) is 2.84. The van der Waals surface area contributed by atoms with Crippen LogP contribution in [0.3, 0.4) is 0 Å². The van der Waals surface area contributed by atoms with Gasteiger partial charge in [-0.25, -0.2) is 13.2 Å². The molecule has 1 aromatic carbocycles. The molecule has 1 saturated heterocycles. The molecule has 0 spiro atoms. The van der Waals surface area contributed by atoms with Gasteiger partial charge in [0.05, 0.1) is 0 Å². The van der Waals surface area contributed by atoms with Gasteiger partial charge in [-0.05, 0) is 41.8 Å². The zero-order chi connectivity index (χ0) is 16.6. The second-order valence-electron chi connectivity index (χ2n) is 5.78. The monoisotopic (exact) mass is 320 g/mol. The lowest BCUT2D eigenvalue weighted by atomic mass is 9.98. The van der Waals surface area contributed by atoms with Crippen LogP contribution < -0.4 is 0 Å². The quantitative estimate of drug-likeness (QED) is 0.813. The lowest BCUT2D eigenvalue weighted by Crippen LogP contribution is -2.24. The number of pyridine rings is 1. The van der Waals surface area contributed by atoms with Gasteiger partial charge in [-0.15, -0.1) is 0 Å². The molecular weight excluding hydrogens is 305 g/mol. The molecule has 1 atom stereocenters. The molecule has 1 aliphatic rings. The van der Waals surface area contributed by atoms with Crippen LogP contribution in [-0.4, -0.2) is 22.3 Å². The molecule has 0 N–H and O–H groups in total. The van der Waals surface area contributed by atoms with E-state index in [4.69, 9.17) is 0 Å². The van der Waals surface area contributed by atoms with Crippen molar-refractivity contribution < 1.29 is 18.0 Å². The summed E-state index contributed by atoms with van der Waals surface area (Å²) in [5.41, 5.74) is 2.26. The molecule has 0 aliphatic carbocycles. The Bertz CT molecular complexity index is 740. The maximum absolute atomic E-state index is 13.4. The summed E-state index contributed by atoms with van der Waals surface area (Å²) in [7, 11) is 0. The molecule has 3 nitrogen and oxygen atoms in total. The van der Waals surface area contributed by atoms with Crippen LogP contribution >= 0.6 is 0 Å². The van der Waals surface area contributed by atoms with Gasteiger partial charge in [-0.2, -0.15) is 0 Å². The number of carbonyl (C=O) groups excluding carboxylic acids is 1. The largest absolute Gasteiger partial charge is 0.338 e. The summed E-state index contributed by atoms with van der Waals surface area (Å²) in [5.74, 6) is -4.36. The van der Waals surface area contributed by atoms with E-state index >= 15 is 0 Å². The van der Waals surface area contributed by atoms with Gasteiger partial charge in [0.2, 0.25) is 5.91 Å². The Hall–Kier alpha value is -2.37. The molecule has 1 aliphatic heterocycles. The zero-order valence-electron chi connectivity index (χ0n) is 12.5. The molecule has 0 unspecified atom stereocenters. The van der Waals surface area contributed by atoms with Crippen molar-refractivity contribution in [3.8, 4) is 0 Å². The van der Waals surface area contributed by atoms with Crippen molar-refractivity contribution in [3.05, 3.63) is 64.7 Å². The molecule has 120 valence electrons. The predicted molar refractivity (Wildman–Crippen MR) is 78.1 cm³/mol. The number of halogens is 3. The molecule has 0 radical (unpaired) electrons. The number of nitrogens with zero attached hydrogens (tertiary/aromatic N) is 2.